The van der Waals surface area contributed by atoms with E-state index in [0.717, 1.165) is 15.8 Å². The van der Waals surface area contributed by atoms with E-state index in [0.29, 0.717) is 10.6 Å². The monoisotopic (exact) mass is 393 g/mol. The highest BCUT2D eigenvalue weighted by Gasteiger charge is 2.12. The number of methoxy groups -OCH3 is 1. The molecule has 0 fully saturated rings. The molecule has 0 saturated heterocycles. The molecule has 5 nitrogen and oxygen atoms in total. The van der Waals surface area contributed by atoms with Crippen LogP contribution in [0.5, 0.6) is 5.75 Å². The van der Waals surface area contributed by atoms with E-state index in [1.54, 1.807) is 18.6 Å². The van der Waals surface area contributed by atoms with Crippen molar-refractivity contribution >= 4 is 38.2 Å². The molecule has 0 aliphatic carbocycles. The van der Waals surface area contributed by atoms with Crippen LogP contribution in [0.2, 0.25) is 0 Å². The van der Waals surface area contributed by atoms with Crippen LogP contribution in [-0.2, 0) is 4.79 Å². The fraction of sp³-hybridized carbons (Fsp3) is 0.250. The molecule has 0 spiro atoms. The van der Waals surface area contributed by atoms with E-state index in [2.05, 4.69) is 26.6 Å². The van der Waals surface area contributed by atoms with Crippen LogP contribution in [0, 0.1) is 11.3 Å². The largest absolute Gasteiger partial charge is 0.496 e. The van der Waals surface area contributed by atoms with Crippen molar-refractivity contribution in [2.24, 2.45) is 0 Å². The zero-order valence-corrected chi connectivity index (χ0v) is 15.1. The highest BCUT2D eigenvalue weighted by Crippen LogP contribution is 2.28. The summed E-state index contributed by atoms with van der Waals surface area (Å²) in [4.78, 5) is 12.0. The lowest BCUT2D eigenvalue weighted by Crippen LogP contribution is -2.30. The van der Waals surface area contributed by atoms with Gasteiger partial charge in [-0.05, 0) is 52.0 Å². The summed E-state index contributed by atoms with van der Waals surface area (Å²) >= 11 is 4.79. The lowest BCUT2D eigenvalue weighted by molar-refractivity contribution is -0.115. The third-order valence-corrected chi connectivity index (χ3v) is 4.73. The SMILES string of the molecule is COc1ccc([C@@H](C)NCC(=O)Nc2sccc2C#N)cc1Br. The van der Waals surface area contributed by atoms with Crippen LogP contribution >= 0.6 is 27.3 Å². The average Bonchev–Trinajstić information content (AvgIpc) is 2.99. The van der Waals surface area contributed by atoms with Crippen LogP contribution in [0.15, 0.2) is 34.1 Å². The van der Waals surface area contributed by atoms with Crippen LogP contribution < -0.4 is 15.4 Å². The van der Waals surface area contributed by atoms with Gasteiger partial charge in [0.25, 0.3) is 0 Å². The number of hydrogen-bond acceptors (Lipinski definition) is 5. The Balaban J connectivity index is 1.91. The summed E-state index contributed by atoms with van der Waals surface area (Å²) in [5.41, 5.74) is 1.52. The van der Waals surface area contributed by atoms with Gasteiger partial charge < -0.3 is 15.4 Å². The highest BCUT2D eigenvalue weighted by molar-refractivity contribution is 9.10. The number of nitrogens with one attached hydrogen (secondary N) is 2. The predicted octanol–water partition coefficient (Wildman–Crippen LogP) is 3.68. The van der Waals surface area contributed by atoms with Gasteiger partial charge in [0.2, 0.25) is 5.91 Å². The van der Waals surface area contributed by atoms with Crippen LogP contribution in [-0.4, -0.2) is 19.6 Å². The number of carbonyl (C=O) groups is 1. The molecule has 0 radical (unpaired) electrons. The molecule has 7 heteroatoms. The van der Waals surface area contributed by atoms with Gasteiger partial charge in [0.05, 0.1) is 23.7 Å². The number of ether oxygens (including phenoxy) is 1. The third-order valence-electron chi connectivity index (χ3n) is 3.28. The van der Waals surface area contributed by atoms with Gasteiger partial charge in [-0.3, -0.25) is 4.79 Å². The minimum Gasteiger partial charge on any atom is -0.496 e. The molecule has 23 heavy (non-hydrogen) atoms. The van der Waals surface area contributed by atoms with Crippen molar-refractivity contribution in [2.75, 3.05) is 19.0 Å². The molecule has 1 atom stereocenters. The lowest BCUT2D eigenvalue weighted by Gasteiger charge is -2.15. The summed E-state index contributed by atoms with van der Waals surface area (Å²) < 4.78 is 6.07. The van der Waals surface area contributed by atoms with Crippen molar-refractivity contribution in [1.29, 1.82) is 5.26 Å². The normalized spacial score (nSPS) is 11.6. The average molecular weight is 394 g/mol. The minimum absolute atomic E-state index is 0.00160. The fourth-order valence-corrected chi connectivity index (χ4v) is 3.29. The zero-order chi connectivity index (χ0) is 16.8. The van der Waals surface area contributed by atoms with Gasteiger partial charge in [-0.2, -0.15) is 5.26 Å². The molecule has 1 amide bonds. The summed E-state index contributed by atoms with van der Waals surface area (Å²) in [5, 5.41) is 17.2. The molecule has 0 bridgehead atoms. The molecular weight excluding hydrogens is 378 g/mol. The Kier molecular flexibility index (Phi) is 6.16. The van der Waals surface area contributed by atoms with Crippen molar-refractivity contribution < 1.29 is 9.53 Å². The fourth-order valence-electron chi connectivity index (χ4n) is 1.98. The summed E-state index contributed by atoms with van der Waals surface area (Å²) in [7, 11) is 1.62. The molecule has 120 valence electrons. The van der Waals surface area contributed by atoms with Crippen LogP contribution in [0.3, 0.4) is 0 Å². The number of thiophene rings is 1. The Labute approximate surface area is 147 Å². The van der Waals surface area contributed by atoms with E-state index in [1.807, 2.05) is 31.2 Å². The molecule has 2 aromatic rings. The summed E-state index contributed by atoms with van der Waals surface area (Å²) in [6.07, 6.45) is 0. The van der Waals surface area contributed by atoms with Crippen molar-refractivity contribution in [3.8, 4) is 11.8 Å². The topological polar surface area (TPSA) is 74.2 Å². The van der Waals surface area contributed by atoms with Gasteiger partial charge in [0.15, 0.2) is 0 Å². The highest BCUT2D eigenvalue weighted by atomic mass is 79.9. The predicted molar refractivity (Wildman–Crippen MR) is 94.8 cm³/mol. The number of halogens is 1. The standard InChI is InChI=1S/C16H16BrN3O2S/c1-10(11-3-4-14(22-2)13(17)7-11)19-9-15(21)20-16-12(8-18)5-6-23-16/h3-7,10,19H,9H2,1-2H3,(H,20,21)/t10-/m1/s1. The van der Waals surface area contributed by atoms with Crippen LogP contribution in [0.1, 0.15) is 24.1 Å². The van der Waals surface area contributed by atoms with E-state index in [9.17, 15) is 4.79 Å². The lowest BCUT2D eigenvalue weighted by atomic mass is 10.1. The molecule has 2 N–H and O–H groups in total. The van der Waals surface area contributed by atoms with Gasteiger partial charge >= 0.3 is 0 Å². The third kappa shape index (κ3) is 4.55. The Morgan fingerprint density at radius 2 is 2.26 bits per heavy atom. The van der Waals surface area contributed by atoms with Crippen molar-refractivity contribution in [1.82, 2.24) is 5.32 Å². The summed E-state index contributed by atoms with van der Waals surface area (Å²) in [6.45, 7) is 2.14. The molecule has 1 heterocycles. The van der Waals surface area contributed by atoms with Crippen molar-refractivity contribution in [2.45, 2.75) is 13.0 Å². The molecule has 0 aliphatic rings. The number of carbonyl (C=O) groups excluding carboxylic acids is 1. The second-order valence-electron chi connectivity index (χ2n) is 4.82. The first-order chi connectivity index (χ1) is 11.0. The summed E-state index contributed by atoms with van der Waals surface area (Å²) in [5.74, 6) is 0.587. The number of nitrogens with zero attached hydrogens (tertiary/aromatic N) is 1. The van der Waals surface area contributed by atoms with E-state index < -0.39 is 0 Å². The zero-order valence-electron chi connectivity index (χ0n) is 12.7. The smallest absolute Gasteiger partial charge is 0.238 e. The Hall–Kier alpha value is -1.88. The van der Waals surface area contributed by atoms with Gasteiger partial charge in [-0.1, -0.05) is 6.07 Å². The number of anilines is 1. The second kappa shape index (κ2) is 8.11. The first kappa shape index (κ1) is 17.5. The Morgan fingerprint density at radius 1 is 1.48 bits per heavy atom. The van der Waals surface area contributed by atoms with Gasteiger partial charge in [0.1, 0.15) is 16.8 Å². The number of nitriles is 1. The van der Waals surface area contributed by atoms with Gasteiger partial charge in [-0.25, -0.2) is 0 Å². The molecule has 2 rings (SSSR count). The van der Waals surface area contributed by atoms with E-state index in [-0.39, 0.29) is 18.5 Å². The molecular formula is C16H16BrN3O2S. The number of rotatable bonds is 6. The van der Waals surface area contributed by atoms with Crippen molar-refractivity contribution in [3.63, 3.8) is 0 Å². The maximum Gasteiger partial charge on any atom is 0.238 e. The number of hydrogen-bond donors (Lipinski definition) is 2. The molecule has 1 aromatic heterocycles. The summed E-state index contributed by atoms with van der Waals surface area (Å²) in [6, 6.07) is 9.52. The van der Waals surface area contributed by atoms with E-state index in [1.165, 1.54) is 11.3 Å². The van der Waals surface area contributed by atoms with E-state index in [4.69, 9.17) is 10.00 Å². The van der Waals surface area contributed by atoms with Gasteiger partial charge in [-0.15, -0.1) is 11.3 Å². The Bertz CT molecular complexity index is 739. The molecule has 1 aromatic carbocycles. The first-order valence-corrected chi connectivity index (χ1v) is 8.56. The van der Waals surface area contributed by atoms with Crippen LogP contribution in [0.4, 0.5) is 5.00 Å². The Morgan fingerprint density at radius 3 is 2.91 bits per heavy atom. The minimum atomic E-state index is -0.177. The number of amides is 1. The molecule has 0 aliphatic heterocycles. The molecule has 0 unspecified atom stereocenters. The first-order valence-electron chi connectivity index (χ1n) is 6.89. The maximum absolute atomic E-state index is 12.0. The van der Waals surface area contributed by atoms with Crippen LogP contribution in [0.25, 0.3) is 0 Å². The van der Waals surface area contributed by atoms with E-state index >= 15 is 0 Å². The maximum atomic E-state index is 12.0. The molecule has 0 saturated carbocycles. The van der Waals surface area contributed by atoms with Crippen molar-refractivity contribution in [3.05, 3.63) is 45.2 Å². The second-order valence-corrected chi connectivity index (χ2v) is 6.59. The van der Waals surface area contributed by atoms with Gasteiger partial charge in [0, 0.05) is 6.04 Å². The quantitative estimate of drug-likeness (QED) is 0.784. The number of benzene rings is 1.